The Hall–Kier alpha value is -2.38. The second-order valence-electron chi connectivity index (χ2n) is 7.16. The summed E-state index contributed by atoms with van der Waals surface area (Å²) in [5.41, 5.74) is 1.36. The first-order valence-corrected chi connectivity index (χ1v) is 11.6. The molecular formula is C25H16SSe. The molecule has 0 spiro atoms. The number of fused-ring (bicyclic) bond motifs is 4. The first kappa shape index (κ1) is 15.7. The molecule has 6 rings (SSSR count). The van der Waals surface area contributed by atoms with Gasteiger partial charge in [-0.15, -0.1) is 0 Å². The normalized spacial score (nSPS) is 11.9. The van der Waals surface area contributed by atoms with Gasteiger partial charge in [-0.25, -0.2) is 0 Å². The van der Waals surface area contributed by atoms with E-state index in [0.29, 0.717) is 14.5 Å². The molecule has 0 nitrogen and oxygen atoms in total. The van der Waals surface area contributed by atoms with Crippen molar-refractivity contribution < 1.29 is 0 Å². The first-order chi connectivity index (χ1) is 13.2. The van der Waals surface area contributed by atoms with Gasteiger partial charge in [0.25, 0.3) is 0 Å². The molecule has 4 aromatic carbocycles. The van der Waals surface area contributed by atoms with Gasteiger partial charge in [-0.05, 0) is 0 Å². The maximum atomic E-state index is 2.42. The van der Waals surface area contributed by atoms with Crippen LogP contribution in [0, 0.1) is 6.92 Å². The van der Waals surface area contributed by atoms with Crippen molar-refractivity contribution in [3.8, 4) is 10.0 Å². The van der Waals surface area contributed by atoms with Gasteiger partial charge < -0.3 is 0 Å². The van der Waals surface area contributed by atoms with E-state index in [1.807, 2.05) is 11.3 Å². The standard InChI is InChI=1S/C25H16SSe/c1-15-7-21-10-17-8-18-11-22-14-24(16-5-3-2-4-6-16)27-25(22)13-20(18)9-19(17)12-23(21)26-15/h2-14H,1H3. The molecule has 0 unspecified atom stereocenters. The number of thiophene rings is 1. The Morgan fingerprint density at radius 2 is 1.30 bits per heavy atom. The van der Waals surface area contributed by atoms with Crippen LogP contribution in [0.25, 0.3) is 51.3 Å². The van der Waals surface area contributed by atoms with Gasteiger partial charge in [-0.1, -0.05) is 0 Å². The summed E-state index contributed by atoms with van der Waals surface area (Å²) in [6.45, 7) is 2.19. The molecule has 2 aromatic heterocycles. The van der Waals surface area contributed by atoms with E-state index in [-0.39, 0.29) is 0 Å². The van der Waals surface area contributed by atoms with Crippen molar-refractivity contribution in [2.24, 2.45) is 0 Å². The zero-order chi connectivity index (χ0) is 18.0. The Morgan fingerprint density at radius 3 is 2.11 bits per heavy atom. The second kappa shape index (κ2) is 5.81. The molecule has 0 saturated heterocycles. The van der Waals surface area contributed by atoms with Gasteiger partial charge in [-0.2, -0.15) is 0 Å². The maximum absolute atomic E-state index is 2.42. The van der Waals surface area contributed by atoms with Crippen molar-refractivity contribution in [1.82, 2.24) is 0 Å². The Morgan fingerprint density at radius 1 is 0.630 bits per heavy atom. The van der Waals surface area contributed by atoms with E-state index < -0.39 is 0 Å². The summed E-state index contributed by atoms with van der Waals surface area (Å²) in [4.78, 5) is 1.38. The van der Waals surface area contributed by atoms with Crippen LogP contribution in [0.1, 0.15) is 4.88 Å². The molecule has 0 N–H and O–H groups in total. The Labute approximate surface area is 167 Å². The first-order valence-electron chi connectivity index (χ1n) is 9.10. The van der Waals surface area contributed by atoms with Gasteiger partial charge in [-0.3, -0.25) is 0 Å². The van der Waals surface area contributed by atoms with Crippen molar-refractivity contribution in [1.29, 1.82) is 0 Å². The summed E-state index contributed by atoms with van der Waals surface area (Å²) in [5.74, 6) is 0. The minimum atomic E-state index is 0.384. The van der Waals surface area contributed by atoms with Crippen molar-refractivity contribution >= 4 is 67.1 Å². The summed E-state index contributed by atoms with van der Waals surface area (Å²) < 4.78 is 4.37. The fourth-order valence-electron chi connectivity index (χ4n) is 3.95. The van der Waals surface area contributed by atoms with Crippen LogP contribution in [-0.4, -0.2) is 14.5 Å². The van der Waals surface area contributed by atoms with E-state index in [1.165, 1.54) is 56.2 Å². The van der Waals surface area contributed by atoms with Gasteiger partial charge >= 0.3 is 168 Å². The third-order valence-electron chi connectivity index (χ3n) is 5.25. The van der Waals surface area contributed by atoms with Crippen molar-refractivity contribution in [3.63, 3.8) is 0 Å². The number of rotatable bonds is 1. The van der Waals surface area contributed by atoms with Crippen molar-refractivity contribution in [3.05, 3.63) is 83.7 Å². The number of hydrogen-bond acceptors (Lipinski definition) is 1. The fraction of sp³-hybridized carbons (Fsp3) is 0.0400. The predicted octanol–water partition coefficient (Wildman–Crippen LogP) is 7.39. The van der Waals surface area contributed by atoms with Gasteiger partial charge in [0.2, 0.25) is 0 Å². The molecule has 0 aliphatic rings. The van der Waals surface area contributed by atoms with E-state index in [2.05, 4.69) is 85.8 Å². The van der Waals surface area contributed by atoms with Crippen LogP contribution >= 0.6 is 11.3 Å². The van der Waals surface area contributed by atoms with E-state index in [9.17, 15) is 0 Å². The second-order valence-corrected chi connectivity index (χ2v) is 10.7. The summed E-state index contributed by atoms with van der Waals surface area (Å²) in [5, 5.41) is 8.14. The Balaban J connectivity index is 1.61. The SMILES string of the molecule is Cc1cc2cc3cc4cc5cc(-c6ccccc6)[se]c5cc4cc3cc2s1. The number of hydrogen-bond donors (Lipinski definition) is 0. The van der Waals surface area contributed by atoms with E-state index in [4.69, 9.17) is 0 Å². The summed E-state index contributed by atoms with van der Waals surface area (Å²) in [7, 11) is 0. The van der Waals surface area contributed by atoms with E-state index in [0.717, 1.165) is 0 Å². The quantitative estimate of drug-likeness (QED) is 0.190. The molecule has 0 aliphatic heterocycles. The number of benzene rings is 4. The van der Waals surface area contributed by atoms with Gasteiger partial charge in [0.15, 0.2) is 0 Å². The zero-order valence-corrected chi connectivity index (χ0v) is 17.4. The molecule has 6 aromatic rings. The van der Waals surface area contributed by atoms with E-state index >= 15 is 0 Å². The molecule has 0 radical (unpaired) electrons. The zero-order valence-electron chi connectivity index (χ0n) is 14.8. The van der Waals surface area contributed by atoms with Crippen LogP contribution < -0.4 is 0 Å². The van der Waals surface area contributed by atoms with Crippen LogP contribution in [0.4, 0.5) is 0 Å². The molecule has 2 heteroatoms. The van der Waals surface area contributed by atoms with Gasteiger partial charge in [0, 0.05) is 0 Å². The Kier molecular flexibility index (Phi) is 3.37. The molecule has 0 atom stereocenters. The molecule has 27 heavy (non-hydrogen) atoms. The molecule has 128 valence electrons. The average Bonchev–Trinajstić information content (AvgIpc) is 3.24. The third-order valence-corrected chi connectivity index (χ3v) is 8.67. The van der Waals surface area contributed by atoms with Gasteiger partial charge in [0.1, 0.15) is 0 Å². The van der Waals surface area contributed by atoms with Crippen LogP contribution in [-0.2, 0) is 0 Å². The van der Waals surface area contributed by atoms with Crippen molar-refractivity contribution in [2.45, 2.75) is 6.92 Å². The van der Waals surface area contributed by atoms with E-state index in [1.54, 1.807) is 0 Å². The average molecular weight is 427 g/mol. The van der Waals surface area contributed by atoms with Crippen LogP contribution in [0.15, 0.2) is 78.9 Å². The third kappa shape index (κ3) is 2.56. The van der Waals surface area contributed by atoms with Crippen LogP contribution in [0.5, 0.6) is 0 Å². The molecule has 0 fully saturated rings. The summed E-state index contributed by atoms with van der Waals surface area (Å²) >= 11 is 2.27. The minimum absolute atomic E-state index is 0.384. The van der Waals surface area contributed by atoms with Crippen LogP contribution in [0.3, 0.4) is 0 Å². The summed E-state index contributed by atoms with van der Waals surface area (Å²) in [6.07, 6.45) is 0. The van der Waals surface area contributed by atoms with Crippen molar-refractivity contribution in [2.75, 3.05) is 0 Å². The topological polar surface area (TPSA) is 0 Å². The number of aryl methyl sites for hydroxylation is 1. The fourth-order valence-corrected chi connectivity index (χ4v) is 7.21. The molecule has 0 saturated carbocycles. The molecule has 0 bridgehead atoms. The molecule has 0 aliphatic carbocycles. The van der Waals surface area contributed by atoms with Gasteiger partial charge in [0.05, 0.1) is 0 Å². The molecule has 0 amide bonds. The Bertz CT molecular complexity index is 1380. The molecular weight excluding hydrogens is 411 g/mol. The monoisotopic (exact) mass is 428 g/mol. The summed E-state index contributed by atoms with van der Waals surface area (Å²) in [6, 6.07) is 29.7. The molecule has 2 heterocycles. The predicted molar refractivity (Wildman–Crippen MR) is 121 cm³/mol. The van der Waals surface area contributed by atoms with Crippen LogP contribution in [0.2, 0.25) is 0 Å².